The van der Waals surface area contributed by atoms with E-state index in [0.29, 0.717) is 39.7 Å². The van der Waals surface area contributed by atoms with Crippen LogP contribution in [0.4, 0.5) is 20.4 Å². The van der Waals surface area contributed by atoms with Crippen LogP contribution in [0.1, 0.15) is 24.4 Å². The van der Waals surface area contributed by atoms with Crippen LogP contribution in [0.5, 0.6) is 0 Å². The van der Waals surface area contributed by atoms with Crippen molar-refractivity contribution in [2.45, 2.75) is 25.5 Å². The van der Waals surface area contributed by atoms with E-state index in [4.69, 9.17) is 4.52 Å². The Labute approximate surface area is 197 Å². The number of rotatable bonds is 6. The van der Waals surface area contributed by atoms with Gasteiger partial charge in [0.2, 0.25) is 11.5 Å². The van der Waals surface area contributed by atoms with Crippen molar-refractivity contribution in [1.82, 2.24) is 34.8 Å². The number of alkyl halides is 2. The van der Waals surface area contributed by atoms with Gasteiger partial charge in [-0.2, -0.15) is 13.9 Å². The number of anilines is 2. The van der Waals surface area contributed by atoms with E-state index >= 15 is 0 Å². The lowest BCUT2D eigenvalue weighted by atomic mass is 9.98. The Hall–Kier alpha value is -4.26. The number of aromatic nitrogens is 6. The van der Waals surface area contributed by atoms with Gasteiger partial charge in [-0.05, 0) is 25.1 Å². The molecule has 1 saturated heterocycles. The molecule has 4 aromatic heterocycles. The second kappa shape index (κ2) is 8.51. The Balaban J connectivity index is 1.40. The van der Waals surface area contributed by atoms with Gasteiger partial charge in [0.25, 0.3) is 5.91 Å². The quantitative estimate of drug-likeness (QED) is 0.425. The number of carbonyl (C=O) groups is 1. The van der Waals surface area contributed by atoms with Crippen molar-refractivity contribution < 1.29 is 23.2 Å². The highest BCUT2D eigenvalue weighted by Gasteiger charge is 2.48. The van der Waals surface area contributed by atoms with E-state index in [9.17, 15) is 18.7 Å². The van der Waals surface area contributed by atoms with Crippen LogP contribution in [-0.2, 0) is 10.4 Å². The molecule has 1 amide bonds. The standard InChI is InChI=1S/C22H20F2N8O3/c1-12-17(11-26-32(12)20(23)24)29-21-25-8-6-15(28-21)13-4-3-5-14(27-13)16-10-18(35-30-16)22(34)7-9-31(2)19(22)33/h3-6,8,10-11,20,34H,7,9H2,1-2H3,(H,25,28,29). The third-order valence-corrected chi connectivity index (χ3v) is 5.83. The Kier molecular flexibility index (Phi) is 5.47. The number of hydrogen-bond donors (Lipinski definition) is 2. The molecule has 11 nitrogen and oxygen atoms in total. The summed E-state index contributed by atoms with van der Waals surface area (Å²) >= 11 is 0. The first-order valence-electron chi connectivity index (χ1n) is 10.6. The molecule has 1 fully saturated rings. The maximum Gasteiger partial charge on any atom is 0.333 e. The van der Waals surface area contributed by atoms with Gasteiger partial charge in [-0.1, -0.05) is 11.2 Å². The minimum atomic E-state index is -2.75. The highest BCUT2D eigenvalue weighted by molar-refractivity contribution is 5.87. The minimum Gasteiger partial charge on any atom is -0.373 e. The highest BCUT2D eigenvalue weighted by Crippen LogP contribution is 2.34. The molecule has 13 heteroatoms. The number of likely N-dealkylation sites (tertiary alicyclic amines) is 1. The van der Waals surface area contributed by atoms with Crippen LogP contribution in [0.25, 0.3) is 22.8 Å². The van der Waals surface area contributed by atoms with Gasteiger partial charge < -0.3 is 19.8 Å². The third kappa shape index (κ3) is 3.99. The predicted octanol–water partition coefficient (Wildman–Crippen LogP) is 2.89. The van der Waals surface area contributed by atoms with Gasteiger partial charge in [-0.25, -0.2) is 19.6 Å². The van der Waals surface area contributed by atoms with E-state index in [-0.39, 0.29) is 23.8 Å². The van der Waals surface area contributed by atoms with Crippen LogP contribution in [0.3, 0.4) is 0 Å². The van der Waals surface area contributed by atoms with Gasteiger partial charge in [-0.15, -0.1) is 0 Å². The molecule has 0 spiro atoms. The van der Waals surface area contributed by atoms with Gasteiger partial charge in [0.05, 0.1) is 34.7 Å². The fourth-order valence-corrected chi connectivity index (χ4v) is 3.82. The molecule has 1 unspecified atom stereocenters. The maximum absolute atomic E-state index is 13.0. The van der Waals surface area contributed by atoms with E-state index in [0.717, 1.165) is 0 Å². The van der Waals surface area contributed by atoms with Crippen molar-refractivity contribution in [2.24, 2.45) is 0 Å². The number of aliphatic hydroxyl groups is 1. The first-order chi connectivity index (χ1) is 16.8. The van der Waals surface area contributed by atoms with Crippen molar-refractivity contribution >= 4 is 17.5 Å². The first-order valence-corrected chi connectivity index (χ1v) is 10.6. The van der Waals surface area contributed by atoms with E-state index in [1.165, 1.54) is 30.3 Å². The molecular formula is C22H20F2N8O3. The van der Waals surface area contributed by atoms with Crippen LogP contribution in [0.15, 0.2) is 47.2 Å². The summed E-state index contributed by atoms with van der Waals surface area (Å²) in [6.07, 6.45) is 2.99. The van der Waals surface area contributed by atoms with E-state index in [2.05, 4.69) is 30.5 Å². The van der Waals surface area contributed by atoms with Crippen LogP contribution in [-0.4, -0.2) is 59.4 Å². The Bertz CT molecular complexity index is 1400. The molecule has 180 valence electrons. The van der Waals surface area contributed by atoms with Gasteiger partial charge in [0.15, 0.2) is 5.76 Å². The number of hydrogen-bond acceptors (Lipinski definition) is 9. The smallest absolute Gasteiger partial charge is 0.333 e. The number of pyridine rings is 1. The van der Waals surface area contributed by atoms with Crippen molar-refractivity contribution in [2.75, 3.05) is 18.9 Å². The molecule has 1 atom stereocenters. The molecule has 5 rings (SSSR count). The molecule has 0 saturated carbocycles. The van der Waals surface area contributed by atoms with Crippen molar-refractivity contribution in [3.05, 3.63) is 54.2 Å². The summed E-state index contributed by atoms with van der Waals surface area (Å²) in [6, 6.07) is 8.34. The van der Waals surface area contributed by atoms with Gasteiger partial charge in [-0.3, -0.25) is 4.79 Å². The van der Waals surface area contributed by atoms with E-state index in [1.54, 1.807) is 31.3 Å². The molecule has 5 heterocycles. The van der Waals surface area contributed by atoms with E-state index < -0.39 is 18.1 Å². The Morgan fingerprint density at radius 2 is 1.91 bits per heavy atom. The zero-order valence-corrected chi connectivity index (χ0v) is 18.7. The average Bonchev–Trinajstić information content (AvgIpc) is 3.56. The second-order valence-corrected chi connectivity index (χ2v) is 8.08. The fraction of sp³-hybridized carbons (Fsp3) is 0.273. The zero-order chi connectivity index (χ0) is 24.7. The van der Waals surface area contributed by atoms with Crippen molar-refractivity contribution in [3.8, 4) is 22.8 Å². The summed E-state index contributed by atoms with van der Waals surface area (Å²) in [7, 11) is 1.61. The number of carbonyl (C=O) groups excluding carboxylic acids is 1. The lowest BCUT2D eigenvalue weighted by Crippen LogP contribution is -2.35. The average molecular weight is 482 g/mol. The first kappa shape index (κ1) is 22.5. The van der Waals surface area contributed by atoms with Crippen LogP contribution in [0, 0.1) is 6.92 Å². The molecule has 0 bridgehead atoms. The molecule has 0 aromatic carbocycles. The van der Waals surface area contributed by atoms with Crippen molar-refractivity contribution in [1.29, 1.82) is 0 Å². The summed E-state index contributed by atoms with van der Waals surface area (Å²) in [5.41, 5.74) is 0.600. The highest BCUT2D eigenvalue weighted by atomic mass is 19.3. The molecule has 35 heavy (non-hydrogen) atoms. The molecule has 4 aromatic rings. The summed E-state index contributed by atoms with van der Waals surface area (Å²) in [5, 5.41) is 21.3. The third-order valence-electron chi connectivity index (χ3n) is 5.83. The molecule has 0 aliphatic carbocycles. The van der Waals surface area contributed by atoms with Crippen LogP contribution < -0.4 is 5.32 Å². The van der Waals surface area contributed by atoms with Crippen LogP contribution in [0.2, 0.25) is 0 Å². The topological polar surface area (TPSA) is 135 Å². The summed E-state index contributed by atoms with van der Waals surface area (Å²) in [6.45, 7) is -0.836. The molecule has 0 radical (unpaired) electrons. The van der Waals surface area contributed by atoms with Crippen LogP contribution >= 0.6 is 0 Å². The Morgan fingerprint density at radius 3 is 2.60 bits per heavy atom. The number of nitrogens with one attached hydrogen (secondary N) is 1. The lowest BCUT2D eigenvalue weighted by molar-refractivity contribution is -0.144. The normalized spacial score (nSPS) is 18.0. The number of likely N-dealkylation sites (N-methyl/N-ethyl adjacent to an activating group) is 1. The molecule has 1 aliphatic rings. The van der Waals surface area contributed by atoms with Gasteiger partial charge in [0.1, 0.15) is 5.69 Å². The molecule has 1 aliphatic heterocycles. The number of amides is 1. The lowest BCUT2D eigenvalue weighted by Gasteiger charge is -2.16. The summed E-state index contributed by atoms with van der Waals surface area (Å²) in [4.78, 5) is 26.9. The maximum atomic E-state index is 13.0. The van der Waals surface area contributed by atoms with Crippen molar-refractivity contribution in [3.63, 3.8) is 0 Å². The number of halogens is 2. The molecular weight excluding hydrogens is 462 g/mol. The zero-order valence-electron chi connectivity index (χ0n) is 18.7. The minimum absolute atomic E-state index is 0.0577. The van der Waals surface area contributed by atoms with Gasteiger partial charge >= 0.3 is 6.55 Å². The largest absolute Gasteiger partial charge is 0.373 e. The summed E-state index contributed by atoms with van der Waals surface area (Å²) < 4.78 is 31.9. The summed E-state index contributed by atoms with van der Waals surface area (Å²) in [5.74, 6) is -0.207. The van der Waals surface area contributed by atoms with Gasteiger partial charge in [0, 0.05) is 32.3 Å². The molecule has 2 N–H and O–H groups in total. The number of nitrogens with zero attached hydrogens (tertiary/aromatic N) is 7. The van der Waals surface area contributed by atoms with E-state index in [1.807, 2.05) is 0 Å². The second-order valence-electron chi connectivity index (χ2n) is 8.08. The monoisotopic (exact) mass is 482 g/mol. The Morgan fingerprint density at radius 1 is 1.17 bits per heavy atom. The fourth-order valence-electron chi connectivity index (χ4n) is 3.82. The SMILES string of the molecule is Cc1c(Nc2nccc(-c3cccc(-c4cc(C5(O)CCN(C)C5=O)on4)n3)n2)cnn1C(F)F. The predicted molar refractivity (Wildman–Crippen MR) is 118 cm³/mol.